The van der Waals surface area contributed by atoms with E-state index >= 15 is 0 Å². The molecule has 0 spiro atoms. The quantitative estimate of drug-likeness (QED) is 0.713. The molecule has 1 aromatic carbocycles. The van der Waals surface area contributed by atoms with Crippen LogP contribution in [0.15, 0.2) is 45.6 Å². The first-order valence-electron chi connectivity index (χ1n) is 6.77. The molecule has 2 aromatic rings. The first-order valence-corrected chi connectivity index (χ1v) is 8.50. The van der Waals surface area contributed by atoms with E-state index in [0.29, 0.717) is 5.92 Å². The Morgan fingerprint density at radius 1 is 1.32 bits per heavy atom. The Bertz CT molecular complexity index is 481. The van der Waals surface area contributed by atoms with Gasteiger partial charge in [0.05, 0.1) is 0 Å². The Balaban J connectivity index is 2.08. The molecule has 1 aromatic heterocycles. The van der Waals surface area contributed by atoms with Gasteiger partial charge in [-0.2, -0.15) is 11.3 Å². The fraction of sp³-hybridized carbons (Fsp3) is 0.375. The van der Waals surface area contributed by atoms with E-state index in [0.717, 1.165) is 24.0 Å². The van der Waals surface area contributed by atoms with Crippen molar-refractivity contribution < 1.29 is 0 Å². The highest BCUT2D eigenvalue weighted by Crippen LogP contribution is 2.24. The van der Waals surface area contributed by atoms with Gasteiger partial charge in [-0.3, -0.25) is 0 Å². The molecule has 3 heteroatoms. The number of hydrogen-bond acceptors (Lipinski definition) is 2. The molecule has 1 unspecified atom stereocenters. The maximum atomic E-state index is 3.57. The van der Waals surface area contributed by atoms with Crippen LogP contribution in [0, 0.1) is 0 Å². The van der Waals surface area contributed by atoms with Crippen molar-refractivity contribution in [1.29, 1.82) is 0 Å². The van der Waals surface area contributed by atoms with Crippen molar-refractivity contribution in [3.05, 3.63) is 56.7 Å². The summed E-state index contributed by atoms with van der Waals surface area (Å²) in [7, 11) is 0. The van der Waals surface area contributed by atoms with E-state index in [1.54, 1.807) is 11.3 Å². The Hall–Kier alpha value is -0.640. The third kappa shape index (κ3) is 4.75. The first kappa shape index (κ1) is 14.8. The van der Waals surface area contributed by atoms with Crippen molar-refractivity contribution in [1.82, 2.24) is 5.32 Å². The van der Waals surface area contributed by atoms with Gasteiger partial charge in [0.25, 0.3) is 0 Å². The summed E-state index contributed by atoms with van der Waals surface area (Å²) in [5.41, 5.74) is 2.84. The Labute approximate surface area is 128 Å². The third-order valence-electron chi connectivity index (χ3n) is 3.20. The van der Waals surface area contributed by atoms with Crippen molar-refractivity contribution in [3.8, 4) is 0 Å². The summed E-state index contributed by atoms with van der Waals surface area (Å²) in [5, 5.41) is 7.97. The summed E-state index contributed by atoms with van der Waals surface area (Å²) in [6, 6.07) is 10.9. The third-order valence-corrected chi connectivity index (χ3v) is 4.43. The molecule has 0 aliphatic carbocycles. The molecule has 0 amide bonds. The predicted octanol–water partition coefficient (Wildman–Crippen LogP) is 4.84. The topological polar surface area (TPSA) is 12.0 Å². The molecule has 0 aliphatic heterocycles. The van der Waals surface area contributed by atoms with Crippen LogP contribution in [0.4, 0.5) is 0 Å². The van der Waals surface area contributed by atoms with Gasteiger partial charge in [0.1, 0.15) is 0 Å². The van der Waals surface area contributed by atoms with Crippen molar-refractivity contribution in [2.75, 3.05) is 13.1 Å². The van der Waals surface area contributed by atoms with Gasteiger partial charge < -0.3 is 5.32 Å². The van der Waals surface area contributed by atoms with E-state index in [1.165, 1.54) is 17.5 Å². The highest BCUT2D eigenvalue weighted by molar-refractivity contribution is 9.10. The number of hydrogen-bond donors (Lipinski definition) is 1. The zero-order chi connectivity index (χ0) is 13.5. The van der Waals surface area contributed by atoms with Crippen LogP contribution in [0.3, 0.4) is 0 Å². The van der Waals surface area contributed by atoms with Gasteiger partial charge in [-0.15, -0.1) is 0 Å². The average molecular weight is 338 g/mol. The molecule has 1 heterocycles. The molecule has 1 atom stereocenters. The van der Waals surface area contributed by atoms with Gasteiger partial charge in [-0.25, -0.2) is 0 Å². The summed E-state index contributed by atoms with van der Waals surface area (Å²) in [6.45, 7) is 4.34. The van der Waals surface area contributed by atoms with Gasteiger partial charge in [0.2, 0.25) is 0 Å². The number of nitrogens with one attached hydrogen (secondary N) is 1. The number of rotatable bonds is 7. The second-order valence-electron chi connectivity index (χ2n) is 4.79. The van der Waals surface area contributed by atoms with Crippen LogP contribution < -0.4 is 5.32 Å². The second kappa shape index (κ2) is 7.83. The van der Waals surface area contributed by atoms with Crippen LogP contribution >= 0.6 is 27.3 Å². The Morgan fingerprint density at radius 3 is 2.89 bits per heavy atom. The highest BCUT2D eigenvalue weighted by Gasteiger charge is 2.12. The standard InChI is InChI=1S/C16H20BrNS/c1-2-7-18-11-15(9-13-6-8-19-12-13)14-4-3-5-16(17)10-14/h3-6,8,10,12,15,18H,2,7,9,11H2,1H3. The van der Waals surface area contributed by atoms with Crippen molar-refractivity contribution in [2.24, 2.45) is 0 Å². The molecule has 0 fully saturated rings. The fourth-order valence-electron chi connectivity index (χ4n) is 2.21. The summed E-state index contributed by atoms with van der Waals surface area (Å²) in [4.78, 5) is 0. The number of benzene rings is 1. The van der Waals surface area contributed by atoms with Crippen LogP contribution in [0.25, 0.3) is 0 Å². The van der Waals surface area contributed by atoms with E-state index < -0.39 is 0 Å². The highest BCUT2D eigenvalue weighted by atomic mass is 79.9. The molecule has 102 valence electrons. The molecule has 0 saturated carbocycles. The molecule has 0 saturated heterocycles. The summed E-state index contributed by atoms with van der Waals surface area (Å²) in [5.74, 6) is 0.540. The van der Waals surface area contributed by atoms with E-state index in [1.807, 2.05) is 0 Å². The maximum Gasteiger partial charge on any atom is 0.0178 e. The summed E-state index contributed by atoms with van der Waals surface area (Å²) < 4.78 is 1.16. The van der Waals surface area contributed by atoms with Crippen LogP contribution in [0.1, 0.15) is 30.4 Å². The normalized spacial score (nSPS) is 12.5. The molecule has 0 radical (unpaired) electrons. The lowest BCUT2D eigenvalue weighted by Gasteiger charge is -2.18. The second-order valence-corrected chi connectivity index (χ2v) is 6.49. The summed E-state index contributed by atoms with van der Waals surface area (Å²) >= 11 is 5.35. The maximum absolute atomic E-state index is 3.57. The fourth-order valence-corrected chi connectivity index (χ4v) is 3.31. The predicted molar refractivity (Wildman–Crippen MR) is 88.1 cm³/mol. The zero-order valence-electron chi connectivity index (χ0n) is 11.2. The molecular weight excluding hydrogens is 318 g/mol. The Kier molecular flexibility index (Phi) is 6.08. The largest absolute Gasteiger partial charge is 0.316 e. The van der Waals surface area contributed by atoms with Gasteiger partial charge in [-0.05, 0) is 59.5 Å². The zero-order valence-corrected chi connectivity index (χ0v) is 13.6. The molecule has 0 bridgehead atoms. The van der Waals surface area contributed by atoms with Gasteiger partial charge in [-0.1, -0.05) is 35.0 Å². The van der Waals surface area contributed by atoms with Crippen molar-refractivity contribution >= 4 is 27.3 Å². The molecule has 1 nitrogen and oxygen atoms in total. The van der Waals surface area contributed by atoms with Crippen LogP contribution in [-0.4, -0.2) is 13.1 Å². The van der Waals surface area contributed by atoms with Crippen molar-refractivity contribution in [2.45, 2.75) is 25.7 Å². The molecular formula is C16H20BrNS. The first-order chi connectivity index (χ1) is 9.29. The average Bonchev–Trinajstić information content (AvgIpc) is 2.91. The lowest BCUT2D eigenvalue weighted by Crippen LogP contribution is -2.23. The molecule has 2 rings (SSSR count). The molecule has 0 aliphatic rings. The summed E-state index contributed by atoms with van der Waals surface area (Å²) in [6.07, 6.45) is 2.29. The van der Waals surface area contributed by atoms with E-state index in [-0.39, 0.29) is 0 Å². The lowest BCUT2D eigenvalue weighted by atomic mass is 9.93. The van der Waals surface area contributed by atoms with Crippen LogP contribution in [-0.2, 0) is 6.42 Å². The van der Waals surface area contributed by atoms with Gasteiger partial charge in [0.15, 0.2) is 0 Å². The van der Waals surface area contributed by atoms with E-state index in [4.69, 9.17) is 0 Å². The SMILES string of the molecule is CCCNCC(Cc1ccsc1)c1cccc(Br)c1. The van der Waals surface area contributed by atoms with E-state index in [2.05, 4.69) is 69.3 Å². The minimum atomic E-state index is 0.540. The smallest absolute Gasteiger partial charge is 0.0178 e. The number of thiophene rings is 1. The van der Waals surface area contributed by atoms with Crippen LogP contribution in [0.2, 0.25) is 0 Å². The Morgan fingerprint density at radius 2 is 2.21 bits per heavy atom. The molecule has 19 heavy (non-hydrogen) atoms. The van der Waals surface area contributed by atoms with Gasteiger partial charge in [0, 0.05) is 16.9 Å². The number of halogens is 1. The minimum absolute atomic E-state index is 0.540. The van der Waals surface area contributed by atoms with Gasteiger partial charge >= 0.3 is 0 Å². The van der Waals surface area contributed by atoms with E-state index in [9.17, 15) is 0 Å². The van der Waals surface area contributed by atoms with Crippen molar-refractivity contribution in [3.63, 3.8) is 0 Å². The molecule has 1 N–H and O–H groups in total. The lowest BCUT2D eigenvalue weighted by molar-refractivity contribution is 0.577. The minimum Gasteiger partial charge on any atom is -0.316 e. The van der Waals surface area contributed by atoms with Crippen LogP contribution in [0.5, 0.6) is 0 Å². The monoisotopic (exact) mass is 337 g/mol.